The van der Waals surface area contributed by atoms with E-state index >= 15 is 0 Å². The van der Waals surface area contributed by atoms with Gasteiger partial charge < -0.3 is 9.64 Å². The van der Waals surface area contributed by atoms with Gasteiger partial charge in [0.2, 0.25) is 5.91 Å². The van der Waals surface area contributed by atoms with E-state index in [1.54, 1.807) is 12.0 Å². The number of halogens is 1. The van der Waals surface area contributed by atoms with Crippen molar-refractivity contribution in [3.63, 3.8) is 0 Å². The van der Waals surface area contributed by atoms with Gasteiger partial charge in [-0.2, -0.15) is 0 Å². The minimum Gasteiger partial charge on any atom is -0.377 e. The molecule has 0 bridgehead atoms. The molecule has 0 aromatic rings. The molecular weight excluding hydrogens is 258 g/mol. The molecule has 3 nitrogen and oxygen atoms in total. The van der Waals surface area contributed by atoms with E-state index in [2.05, 4.69) is 15.9 Å². The molecule has 15 heavy (non-hydrogen) atoms. The molecule has 1 amide bonds. The van der Waals surface area contributed by atoms with Gasteiger partial charge in [-0.05, 0) is 13.8 Å². The van der Waals surface area contributed by atoms with E-state index in [1.165, 1.54) is 0 Å². The summed E-state index contributed by atoms with van der Waals surface area (Å²) in [4.78, 5) is 13.8. The van der Waals surface area contributed by atoms with Crippen LogP contribution in [0, 0.1) is 5.92 Å². The molecule has 0 aromatic carbocycles. The molecule has 0 saturated heterocycles. The summed E-state index contributed by atoms with van der Waals surface area (Å²) in [7, 11) is 1.66. The molecule has 2 atom stereocenters. The summed E-state index contributed by atoms with van der Waals surface area (Å²) in [5, 5.41) is 0. The number of methoxy groups -OCH3 is 1. The van der Waals surface area contributed by atoms with Crippen molar-refractivity contribution in [3.05, 3.63) is 12.3 Å². The monoisotopic (exact) mass is 275 g/mol. The Balaban J connectivity index is 2.72. The van der Waals surface area contributed by atoms with Crippen LogP contribution in [-0.4, -0.2) is 34.9 Å². The van der Waals surface area contributed by atoms with Gasteiger partial charge in [-0.3, -0.25) is 4.79 Å². The Morgan fingerprint density at radius 3 is 2.73 bits per heavy atom. The number of alkyl halides is 1. The SMILES string of the molecule is COC(C)(C)CN1C=CC(Br)C(C)C1=O. The Morgan fingerprint density at radius 2 is 2.20 bits per heavy atom. The van der Waals surface area contributed by atoms with Crippen LogP contribution in [0.2, 0.25) is 0 Å². The van der Waals surface area contributed by atoms with Crippen LogP contribution in [0.3, 0.4) is 0 Å². The van der Waals surface area contributed by atoms with Crippen LogP contribution in [0.15, 0.2) is 12.3 Å². The molecule has 1 aliphatic rings. The van der Waals surface area contributed by atoms with Crippen LogP contribution >= 0.6 is 15.9 Å². The molecule has 0 aliphatic carbocycles. The molecule has 4 heteroatoms. The Morgan fingerprint density at radius 1 is 1.60 bits per heavy atom. The maximum atomic E-state index is 11.9. The first-order valence-electron chi connectivity index (χ1n) is 5.05. The maximum absolute atomic E-state index is 11.9. The summed E-state index contributed by atoms with van der Waals surface area (Å²) in [6, 6.07) is 0. The normalized spacial score (nSPS) is 27.3. The molecule has 0 radical (unpaired) electrons. The number of rotatable bonds is 3. The Hall–Kier alpha value is -0.350. The zero-order valence-electron chi connectivity index (χ0n) is 9.66. The van der Waals surface area contributed by atoms with Gasteiger partial charge in [0.1, 0.15) is 0 Å². The van der Waals surface area contributed by atoms with Crippen molar-refractivity contribution in [3.8, 4) is 0 Å². The van der Waals surface area contributed by atoms with Crippen LogP contribution in [0.5, 0.6) is 0 Å². The average Bonchev–Trinajstić information content (AvgIpc) is 2.19. The quantitative estimate of drug-likeness (QED) is 0.739. The van der Waals surface area contributed by atoms with E-state index in [1.807, 2.05) is 33.0 Å². The summed E-state index contributed by atoms with van der Waals surface area (Å²) >= 11 is 3.45. The molecule has 0 saturated carbocycles. The zero-order chi connectivity index (χ0) is 11.6. The van der Waals surface area contributed by atoms with Gasteiger partial charge in [0, 0.05) is 18.1 Å². The molecule has 0 fully saturated rings. The number of carbonyl (C=O) groups is 1. The van der Waals surface area contributed by atoms with Gasteiger partial charge in [-0.15, -0.1) is 0 Å². The zero-order valence-corrected chi connectivity index (χ0v) is 11.2. The number of amides is 1. The molecule has 1 heterocycles. The highest BCUT2D eigenvalue weighted by molar-refractivity contribution is 9.09. The van der Waals surface area contributed by atoms with Crippen LogP contribution < -0.4 is 0 Å². The standard InChI is InChI=1S/C11H18BrNO2/c1-8-9(12)5-6-13(10(8)14)7-11(2,3)15-4/h5-6,8-9H,7H2,1-4H3. The van der Waals surface area contributed by atoms with E-state index in [4.69, 9.17) is 4.74 Å². The number of carbonyl (C=O) groups excluding carboxylic acids is 1. The second-order valence-electron chi connectivity index (χ2n) is 4.50. The van der Waals surface area contributed by atoms with Crippen molar-refractivity contribution >= 4 is 21.8 Å². The molecule has 2 unspecified atom stereocenters. The minimum atomic E-state index is -0.307. The lowest BCUT2D eigenvalue weighted by atomic mass is 10.0. The fourth-order valence-electron chi connectivity index (χ4n) is 1.43. The highest BCUT2D eigenvalue weighted by Crippen LogP contribution is 2.23. The number of ether oxygens (including phenoxy) is 1. The summed E-state index contributed by atoms with van der Waals surface area (Å²) in [6.07, 6.45) is 3.83. The third-order valence-electron chi connectivity index (χ3n) is 2.70. The highest BCUT2D eigenvalue weighted by atomic mass is 79.9. The number of hydrogen-bond donors (Lipinski definition) is 0. The first kappa shape index (κ1) is 12.7. The van der Waals surface area contributed by atoms with Crippen LogP contribution in [0.4, 0.5) is 0 Å². The third-order valence-corrected chi connectivity index (χ3v) is 3.80. The van der Waals surface area contributed by atoms with E-state index in [9.17, 15) is 4.79 Å². The van der Waals surface area contributed by atoms with Crippen molar-refractivity contribution in [1.82, 2.24) is 4.90 Å². The van der Waals surface area contributed by atoms with Gasteiger partial charge in [0.15, 0.2) is 0 Å². The highest BCUT2D eigenvalue weighted by Gasteiger charge is 2.31. The summed E-state index contributed by atoms with van der Waals surface area (Å²) in [5.41, 5.74) is -0.307. The van der Waals surface area contributed by atoms with E-state index in [-0.39, 0.29) is 22.3 Å². The van der Waals surface area contributed by atoms with Crippen LogP contribution in [-0.2, 0) is 9.53 Å². The smallest absolute Gasteiger partial charge is 0.230 e. The summed E-state index contributed by atoms with van der Waals surface area (Å²) < 4.78 is 5.31. The van der Waals surface area contributed by atoms with Crippen LogP contribution in [0.1, 0.15) is 20.8 Å². The van der Waals surface area contributed by atoms with Gasteiger partial charge in [0.25, 0.3) is 0 Å². The molecule has 1 aliphatic heterocycles. The second kappa shape index (κ2) is 4.66. The van der Waals surface area contributed by atoms with Crippen LogP contribution in [0.25, 0.3) is 0 Å². The van der Waals surface area contributed by atoms with Gasteiger partial charge in [0.05, 0.1) is 18.1 Å². The van der Waals surface area contributed by atoms with Gasteiger partial charge in [-0.1, -0.05) is 28.9 Å². The van der Waals surface area contributed by atoms with E-state index < -0.39 is 0 Å². The molecule has 0 spiro atoms. The lowest BCUT2D eigenvalue weighted by Crippen LogP contribution is -2.45. The maximum Gasteiger partial charge on any atom is 0.230 e. The molecular formula is C11H18BrNO2. The Labute approximate surface area is 99.6 Å². The molecule has 1 rings (SSSR count). The van der Waals surface area contributed by atoms with Gasteiger partial charge >= 0.3 is 0 Å². The third kappa shape index (κ3) is 3.05. The Kier molecular flexibility index (Phi) is 3.95. The summed E-state index contributed by atoms with van der Waals surface area (Å²) in [5.74, 6) is 0.132. The molecule has 0 aromatic heterocycles. The fourth-order valence-corrected chi connectivity index (χ4v) is 1.79. The van der Waals surface area contributed by atoms with Crippen molar-refractivity contribution in [1.29, 1.82) is 0 Å². The first-order chi connectivity index (χ1) is 6.87. The predicted octanol–water partition coefficient (Wildman–Crippen LogP) is 2.17. The molecule has 86 valence electrons. The first-order valence-corrected chi connectivity index (χ1v) is 5.97. The fraction of sp³-hybridized carbons (Fsp3) is 0.727. The summed E-state index contributed by atoms with van der Waals surface area (Å²) in [6.45, 7) is 6.46. The van der Waals surface area contributed by atoms with Crippen molar-refractivity contribution in [2.45, 2.75) is 31.2 Å². The van der Waals surface area contributed by atoms with Crippen molar-refractivity contribution in [2.75, 3.05) is 13.7 Å². The van der Waals surface area contributed by atoms with E-state index in [0.29, 0.717) is 6.54 Å². The molecule has 0 N–H and O–H groups in total. The average molecular weight is 276 g/mol. The lowest BCUT2D eigenvalue weighted by Gasteiger charge is -2.34. The predicted molar refractivity (Wildman–Crippen MR) is 63.8 cm³/mol. The van der Waals surface area contributed by atoms with Crippen molar-refractivity contribution < 1.29 is 9.53 Å². The number of nitrogens with zero attached hydrogens (tertiary/aromatic N) is 1. The van der Waals surface area contributed by atoms with E-state index in [0.717, 1.165) is 0 Å². The van der Waals surface area contributed by atoms with Gasteiger partial charge in [-0.25, -0.2) is 0 Å². The largest absolute Gasteiger partial charge is 0.377 e. The number of allylic oxidation sites excluding steroid dienone is 1. The minimum absolute atomic E-state index is 0.0114. The lowest BCUT2D eigenvalue weighted by molar-refractivity contribution is -0.135. The Bertz CT molecular complexity index is 276. The second-order valence-corrected chi connectivity index (χ2v) is 5.56. The number of hydrogen-bond acceptors (Lipinski definition) is 2. The topological polar surface area (TPSA) is 29.5 Å². The van der Waals surface area contributed by atoms with Crippen molar-refractivity contribution in [2.24, 2.45) is 5.92 Å².